The Morgan fingerprint density at radius 3 is 2.80 bits per heavy atom. The molecule has 8 heteroatoms. The van der Waals surface area contributed by atoms with Crippen molar-refractivity contribution >= 4 is 50.2 Å². The van der Waals surface area contributed by atoms with E-state index in [-0.39, 0.29) is 10.3 Å². The summed E-state index contributed by atoms with van der Waals surface area (Å²) in [6.45, 7) is 0.758. The molecule has 4 nitrogen and oxygen atoms in total. The van der Waals surface area contributed by atoms with Crippen molar-refractivity contribution < 1.29 is 8.42 Å². The normalized spacial score (nSPS) is 30.1. The van der Waals surface area contributed by atoms with Gasteiger partial charge in [-0.05, 0) is 36.8 Å². The molecule has 1 aliphatic carbocycles. The number of rotatable bonds is 3. The highest BCUT2D eigenvalue weighted by molar-refractivity contribution is 7.91. The minimum Gasteiger partial charge on any atom is -0.379 e. The quantitative estimate of drug-likeness (QED) is 0.822. The molecule has 0 spiro atoms. The summed E-state index contributed by atoms with van der Waals surface area (Å²) in [6, 6.07) is 3.13. The summed E-state index contributed by atoms with van der Waals surface area (Å²) in [5.74, 6) is 0.610. The van der Waals surface area contributed by atoms with Gasteiger partial charge in [-0.2, -0.15) is 0 Å². The molecule has 2 bridgehead atoms. The summed E-state index contributed by atoms with van der Waals surface area (Å²) in [4.78, 5) is 0.848. The van der Waals surface area contributed by atoms with E-state index in [1.165, 1.54) is 0 Å². The lowest BCUT2D eigenvalue weighted by atomic mass is 9.98. The van der Waals surface area contributed by atoms with E-state index in [0.29, 0.717) is 16.2 Å². The van der Waals surface area contributed by atoms with Crippen LogP contribution < -0.4 is 10.0 Å². The van der Waals surface area contributed by atoms with Crippen molar-refractivity contribution in [3.05, 3.63) is 16.5 Å². The lowest BCUT2D eigenvalue weighted by Crippen LogP contribution is -2.42. The molecule has 1 aromatic heterocycles. The molecule has 0 aromatic carbocycles. The molecule has 2 N–H and O–H groups in total. The SMILES string of the molecule is O=S(=O)(NC1C2CCC1CC(=S)NC2)c1ccc(Cl)s1. The first-order chi connectivity index (χ1) is 9.45. The number of thiophene rings is 1. The molecule has 3 rings (SSSR count). The molecule has 3 atom stereocenters. The van der Waals surface area contributed by atoms with Gasteiger partial charge in [0.15, 0.2) is 0 Å². The molecule has 1 saturated heterocycles. The van der Waals surface area contributed by atoms with Crippen molar-refractivity contribution in [2.75, 3.05) is 6.54 Å². The zero-order valence-corrected chi connectivity index (χ0v) is 13.8. The number of thiocarbonyl (C=S) groups is 1. The summed E-state index contributed by atoms with van der Waals surface area (Å²) >= 11 is 12.2. The molecule has 2 heterocycles. The van der Waals surface area contributed by atoms with E-state index < -0.39 is 10.0 Å². The molecule has 1 aliphatic heterocycles. The second kappa shape index (κ2) is 5.53. The monoisotopic (exact) mass is 350 g/mol. The summed E-state index contributed by atoms with van der Waals surface area (Å²) < 4.78 is 28.5. The first-order valence-electron chi connectivity index (χ1n) is 6.50. The van der Waals surface area contributed by atoms with Crippen LogP contribution in [0.5, 0.6) is 0 Å². The number of fused-ring (bicyclic) bond motifs is 2. The highest BCUT2D eigenvalue weighted by atomic mass is 35.5. The smallest absolute Gasteiger partial charge is 0.250 e. The third-order valence-electron chi connectivity index (χ3n) is 4.04. The Balaban J connectivity index is 1.82. The zero-order chi connectivity index (χ0) is 14.3. The van der Waals surface area contributed by atoms with Gasteiger partial charge in [-0.15, -0.1) is 11.3 Å². The first-order valence-corrected chi connectivity index (χ1v) is 9.58. The van der Waals surface area contributed by atoms with Crippen LogP contribution in [0.25, 0.3) is 0 Å². The van der Waals surface area contributed by atoms with Crippen LogP contribution in [0.3, 0.4) is 0 Å². The maximum atomic E-state index is 12.4. The van der Waals surface area contributed by atoms with Gasteiger partial charge in [-0.3, -0.25) is 0 Å². The van der Waals surface area contributed by atoms with E-state index in [0.717, 1.165) is 42.1 Å². The Hall–Kier alpha value is -0.210. The van der Waals surface area contributed by atoms with Gasteiger partial charge >= 0.3 is 0 Å². The van der Waals surface area contributed by atoms with Crippen molar-refractivity contribution in [3.8, 4) is 0 Å². The van der Waals surface area contributed by atoms with Crippen LogP contribution in [0.15, 0.2) is 16.3 Å². The number of hydrogen-bond donors (Lipinski definition) is 2. The Morgan fingerprint density at radius 2 is 2.10 bits per heavy atom. The van der Waals surface area contributed by atoms with Crippen LogP contribution in [0, 0.1) is 11.8 Å². The molecule has 0 radical (unpaired) electrons. The molecule has 2 fully saturated rings. The number of halogens is 1. The lowest BCUT2D eigenvalue weighted by molar-refractivity contribution is 0.397. The van der Waals surface area contributed by atoms with Crippen LogP contribution >= 0.6 is 35.2 Å². The summed E-state index contributed by atoms with van der Waals surface area (Å²) in [7, 11) is -3.49. The molecule has 110 valence electrons. The second-order valence-electron chi connectivity index (χ2n) is 5.31. The molecule has 0 amide bonds. The highest BCUT2D eigenvalue weighted by Gasteiger charge is 2.41. The Bertz CT molecular complexity index is 628. The molecule has 3 unspecified atom stereocenters. The summed E-state index contributed by atoms with van der Waals surface area (Å²) in [6.07, 6.45) is 2.84. The van der Waals surface area contributed by atoms with Crippen molar-refractivity contribution in [2.45, 2.75) is 29.5 Å². The van der Waals surface area contributed by atoms with Gasteiger partial charge in [0, 0.05) is 19.0 Å². The van der Waals surface area contributed by atoms with Crippen molar-refractivity contribution in [2.24, 2.45) is 11.8 Å². The zero-order valence-electron chi connectivity index (χ0n) is 10.6. The summed E-state index contributed by atoms with van der Waals surface area (Å²) in [5, 5.41) is 3.21. The number of hydrogen-bond acceptors (Lipinski definition) is 4. The van der Waals surface area contributed by atoms with E-state index in [4.69, 9.17) is 23.8 Å². The molecular formula is C12H15ClN2O2S3. The highest BCUT2D eigenvalue weighted by Crippen LogP contribution is 2.37. The van der Waals surface area contributed by atoms with Crippen LogP contribution in [-0.2, 0) is 10.0 Å². The second-order valence-corrected chi connectivity index (χ2v) is 9.46. The fraction of sp³-hybridized carbons (Fsp3) is 0.583. The minimum atomic E-state index is -3.49. The molecular weight excluding hydrogens is 336 g/mol. The number of sulfonamides is 1. The predicted molar refractivity (Wildman–Crippen MR) is 84.9 cm³/mol. The maximum absolute atomic E-state index is 12.4. The van der Waals surface area contributed by atoms with Gasteiger partial charge in [0.25, 0.3) is 0 Å². The van der Waals surface area contributed by atoms with Gasteiger partial charge in [0.05, 0.1) is 9.32 Å². The molecule has 20 heavy (non-hydrogen) atoms. The first kappa shape index (κ1) is 14.7. The van der Waals surface area contributed by atoms with E-state index in [1.807, 2.05) is 0 Å². The van der Waals surface area contributed by atoms with Crippen LogP contribution in [-0.4, -0.2) is 26.0 Å². The van der Waals surface area contributed by atoms with E-state index in [1.54, 1.807) is 12.1 Å². The minimum absolute atomic E-state index is 0.0335. The van der Waals surface area contributed by atoms with E-state index >= 15 is 0 Å². The standard InChI is InChI=1S/C12H15ClN2O2S3/c13-9-3-4-11(19-9)20(16,17)15-12-7-1-2-8(12)6-14-10(18)5-7/h3-4,7-8,12,15H,1-2,5-6H2,(H,14,18). The third kappa shape index (κ3) is 2.87. The average molecular weight is 351 g/mol. The van der Waals surface area contributed by atoms with Gasteiger partial charge in [0.1, 0.15) is 4.21 Å². The van der Waals surface area contributed by atoms with Gasteiger partial charge in [0.2, 0.25) is 10.0 Å². The Labute approximate surface area is 133 Å². The Morgan fingerprint density at radius 1 is 1.35 bits per heavy atom. The van der Waals surface area contributed by atoms with Gasteiger partial charge < -0.3 is 5.32 Å². The lowest BCUT2D eigenvalue weighted by Gasteiger charge is -2.22. The van der Waals surface area contributed by atoms with Gasteiger partial charge in [-0.25, -0.2) is 13.1 Å². The molecule has 1 aromatic rings. The summed E-state index contributed by atoms with van der Waals surface area (Å²) in [5.41, 5.74) is 0. The molecule has 2 aliphatic rings. The van der Waals surface area contributed by atoms with E-state index in [9.17, 15) is 8.42 Å². The number of nitrogens with one attached hydrogen (secondary N) is 2. The van der Waals surface area contributed by atoms with Crippen molar-refractivity contribution in [1.82, 2.24) is 10.0 Å². The largest absolute Gasteiger partial charge is 0.379 e. The van der Waals surface area contributed by atoms with Crippen LogP contribution in [0.2, 0.25) is 4.34 Å². The van der Waals surface area contributed by atoms with E-state index in [2.05, 4.69) is 10.0 Å². The fourth-order valence-electron chi connectivity index (χ4n) is 3.06. The maximum Gasteiger partial charge on any atom is 0.250 e. The predicted octanol–water partition coefficient (Wildman–Crippen LogP) is 2.40. The van der Waals surface area contributed by atoms with Crippen molar-refractivity contribution in [1.29, 1.82) is 0 Å². The average Bonchev–Trinajstić information content (AvgIpc) is 2.90. The third-order valence-corrected chi connectivity index (χ3v) is 7.53. The topological polar surface area (TPSA) is 58.2 Å². The van der Waals surface area contributed by atoms with Crippen LogP contribution in [0.1, 0.15) is 19.3 Å². The van der Waals surface area contributed by atoms with Crippen molar-refractivity contribution in [3.63, 3.8) is 0 Å². The fourth-order valence-corrected chi connectivity index (χ4v) is 6.23. The Kier molecular flexibility index (Phi) is 4.07. The van der Waals surface area contributed by atoms with Gasteiger partial charge in [-0.1, -0.05) is 23.8 Å². The molecule has 1 saturated carbocycles. The van der Waals surface area contributed by atoms with Crippen LogP contribution in [0.4, 0.5) is 0 Å².